The predicted molar refractivity (Wildman–Crippen MR) is 100 cm³/mol. The number of carbonyl (C=O) groups is 1. The molecular weight excluding hydrogens is 294 g/mol. The predicted octanol–water partition coefficient (Wildman–Crippen LogP) is 5.54. The minimum absolute atomic E-state index is 0.0895. The van der Waals surface area contributed by atoms with E-state index in [1.807, 2.05) is 30.1 Å². The number of allylic oxidation sites excluding steroid dienone is 2. The first-order chi connectivity index (χ1) is 11.8. The zero-order valence-corrected chi connectivity index (χ0v) is 14.2. The van der Waals surface area contributed by atoms with Crippen molar-refractivity contribution < 1.29 is 4.79 Å². The van der Waals surface area contributed by atoms with Crippen molar-refractivity contribution in [1.29, 1.82) is 0 Å². The maximum atomic E-state index is 13.1. The summed E-state index contributed by atoms with van der Waals surface area (Å²) in [5.41, 5.74) is 7.07. The molecule has 2 aromatic carbocycles. The largest absolute Gasteiger partial charge is 0.311 e. The normalized spacial score (nSPS) is 20.9. The minimum Gasteiger partial charge on any atom is -0.311 e. The molecule has 0 spiro atoms. The van der Waals surface area contributed by atoms with Crippen LogP contribution in [0.15, 0.2) is 48.5 Å². The second-order valence-corrected chi connectivity index (χ2v) is 6.80. The molecule has 24 heavy (non-hydrogen) atoms. The quantitative estimate of drug-likeness (QED) is 0.624. The Bertz CT molecular complexity index is 818. The molecule has 0 radical (unpaired) electrons. The third-order valence-corrected chi connectivity index (χ3v) is 5.35. The summed E-state index contributed by atoms with van der Waals surface area (Å²) in [4.78, 5) is 14.9. The average Bonchev–Trinajstić information content (AvgIpc) is 2.60. The first-order valence-corrected chi connectivity index (χ1v) is 8.96. The standard InChI is InChI=1S/C22H23NO/c1-23-21-15-9-8-13-19(21)17-11-5-3-2-4-10-16(17)18-12-6-7-14-20(18)22(23)24/h6-9,12-15H,2-5,10-11H2,1H3/b17-16-. The highest BCUT2D eigenvalue weighted by atomic mass is 16.2. The number of rotatable bonds is 0. The Balaban J connectivity index is 2.05. The number of para-hydroxylation sites is 1. The van der Waals surface area contributed by atoms with Crippen LogP contribution in [0.2, 0.25) is 0 Å². The number of fused-ring (bicyclic) bond motifs is 4. The summed E-state index contributed by atoms with van der Waals surface area (Å²) in [5.74, 6) is 0.0895. The molecule has 0 saturated carbocycles. The second kappa shape index (κ2) is 6.27. The van der Waals surface area contributed by atoms with E-state index in [9.17, 15) is 4.79 Å². The van der Waals surface area contributed by atoms with Gasteiger partial charge in [0.2, 0.25) is 0 Å². The van der Waals surface area contributed by atoms with Gasteiger partial charge in [-0.1, -0.05) is 49.2 Å². The number of anilines is 1. The van der Waals surface area contributed by atoms with E-state index < -0.39 is 0 Å². The van der Waals surface area contributed by atoms with Crippen LogP contribution in [0, 0.1) is 0 Å². The maximum Gasteiger partial charge on any atom is 0.258 e. The molecule has 2 aliphatic rings. The number of amides is 1. The topological polar surface area (TPSA) is 20.3 Å². The van der Waals surface area contributed by atoms with Gasteiger partial charge in [-0.25, -0.2) is 0 Å². The van der Waals surface area contributed by atoms with E-state index in [-0.39, 0.29) is 5.91 Å². The van der Waals surface area contributed by atoms with Crippen molar-refractivity contribution in [2.45, 2.75) is 38.5 Å². The summed E-state index contributed by atoms with van der Waals surface area (Å²) in [7, 11) is 1.90. The van der Waals surface area contributed by atoms with E-state index in [2.05, 4.69) is 30.3 Å². The highest BCUT2D eigenvalue weighted by Gasteiger charge is 2.27. The van der Waals surface area contributed by atoms with Crippen LogP contribution >= 0.6 is 0 Å². The first kappa shape index (κ1) is 15.2. The molecule has 122 valence electrons. The lowest BCUT2D eigenvalue weighted by Gasteiger charge is -2.29. The summed E-state index contributed by atoms with van der Waals surface area (Å²) in [6, 6.07) is 16.5. The van der Waals surface area contributed by atoms with E-state index in [0.29, 0.717) is 0 Å². The van der Waals surface area contributed by atoms with Crippen LogP contribution in [0.3, 0.4) is 0 Å². The molecule has 0 N–H and O–H groups in total. The van der Waals surface area contributed by atoms with E-state index in [1.165, 1.54) is 42.4 Å². The summed E-state index contributed by atoms with van der Waals surface area (Å²) in [5, 5.41) is 0. The van der Waals surface area contributed by atoms with Gasteiger partial charge in [0.15, 0.2) is 0 Å². The van der Waals surface area contributed by atoms with Gasteiger partial charge in [-0.05, 0) is 54.5 Å². The lowest BCUT2D eigenvalue weighted by Crippen LogP contribution is -2.29. The fourth-order valence-electron chi connectivity index (χ4n) is 4.10. The lowest BCUT2D eigenvalue weighted by molar-refractivity contribution is 0.0992. The molecule has 1 aliphatic carbocycles. The molecule has 0 saturated heterocycles. The van der Waals surface area contributed by atoms with Crippen LogP contribution in [0.1, 0.15) is 60.0 Å². The molecule has 4 rings (SSSR count). The van der Waals surface area contributed by atoms with Crippen molar-refractivity contribution in [2.75, 3.05) is 11.9 Å². The summed E-state index contributed by atoms with van der Waals surface area (Å²) < 4.78 is 0. The Kier molecular flexibility index (Phi) is 3.97. The lowest BCUT2D eigenvalue weighted by atomic mass is 9.82. The Morgan fingerprint density at radius 2 is 1.25 bits per heavy atom. The van der Waals surface area contributed by atoms with E-state index in [1.54, 1.807) is 0 Å². The van der Waals surface area contributed by atoms with E-state index >= 15 is 0 Å². The summed E-state index contributed by atoms with van der Waals surface area (Å²) >= 11 is 0. The second-order valence-electron chi connectivity index (χ2n) is 6.80. The fourth-order valence-corrected chi connectivity index (χ4v) is 4.10. The molecule has 0 bridgehead atoms. The van der Waals surface area contributed by atoms with Gasteiger partial charge >= 0.3 is 0 Å². The number of hydrogen-bond acceptors (Lipinski definition) is 1. The van der Waals surface area contributed by atoms with Crippen molar-refractivity contribution in [3.63, 3.8) is 0 Å². The molecule has 0 atom stereocenters. The molecule has 0 unspecified atom stereocenters. The molecule has 2 nitrogen and oxygen atoms in total. The SMILES string of the molecule is CN1C(=O)c2ccccc2/C2=C(/CCCCCC2)c2ccccc21. The van der Waals surface area contributed by atoms with Gasteiger partial charge in [0, 0.05) is 18.2 Å². The zero-order chi connectivity index (χ0) is 16.5. The third-order valence-electron chi connectivity index (χ3n) is 5.35. The molecule has 2 heteroatoms. The number of carbonyl (C=O) groups excluding carboxylic acids is 1. The Morgan fingerprint density at radius 1 is 0.708 bits per heavy atom. The van der Waals surface area contributed by atoms with Crippen LogP contribution < -0.4 is 4.90 Å². The molecule has 1 amide bonds. The monoisotopic (exact) mass is 317 g/mol. The van der Waals surface area contributed by atoms with Gasteiger partial charge in [-0.2, -0.15) is 0 Å². The van der Waals surface area contributed by atoms with Crippen molar-refractivity contribution in [1.82, 2.24) is 0 Å². The highest BCUT2D eigenvalue weighted by molar-refractivity contribution is 6.13. The van der Waals surface area contributed by atoms with Gasteiger partial charge in [0.25, 0.3) is 5.91 Å². The Hall–Kier alpha value is -2.35. The van der Waals surface area contributed by atoms with Crippen molar-refractivity contribution in [3.05, 3.63) is 65.2 Å². The molecule has 1 heterocycles. The zero-order valence-electron chi connectivity index (χ0n) is 14.2. The fraction of sp³-hybridized carbons (Fsp3) is 0.318. The number of hydrogen-bond donors (Lipinski definition) is 0. The van der Waals surface area contributed by atoms with Crippen LogP contribution in [-0.2, 0) is 0 Å². The van der Waals surface area contributed by atoms with E-state index in [4.69, 9.17) is 0 Å². The molecule has 0 aromatic heterocycles. The average molecular weight is 317 g/mol. The van der Waals surface area contributed by atoms with Crippen molar-refractivity contribution in [2.24, 2.45) is 0 Å². The first-order valence-electron chi connectivity index (χ1n) is 8.96. The molecule has 0 fully saturated rings. The maximum absolute atomic E-state index is 13.1. The molecule has 2 aromatic rings. The molecule has 1 aliphatic heterocycles. The Morgan fingerprint density at radius 3 is 1.96 bits per heavy atom. The number of nitrogens with zero attached hydrogens (tertiary/aromatic N) is 1. The van der Waals surface area contributed by atoms with Crippen LogP contribution in [0.5, 0.6) is 0 Å². The van der Waals surface area contributed by atoms with Gasteiger partial charge < -0.3 is 4.90 Å². The number of benzene rings is 2. The minimum atomic E-state index is 0.0895. The van der Waals surface area contributed by atoms with Crippen LogP contribution in [0.4, 0.5) is 5.69 Å². The Labute approximate surface area is 143 Å². The van der Waals surface area contributed by atoms with Crippen molar-refractivity contribution in [3.8, 4) is 0 Å². The van der Waals surface area contributed by atoms with Crippen molar-refractivity contribution >= 4 is 22.7 Å². The summed E-state index contributed by atoms with van der Waals surface area (Å²) in [6.45, 7) is 0. The van der Waals surface area contributed by atoms with Crippen LogP contribution in [-0.4, -0.2) is 13.0 Å². The van der Waals surface area contributed by atoms with Gasteiger partial charge in [-0.15, -0.1) is 0 Å². The van der Waals surface area contributed by atoms with E-state index in [0.717, 1.165) is 29.7 Å². The third kappa shape index (κ3) is 2.47. The summed E-state index contributed by atoms with van der Waals surface area (Å²) in [6.07, 6.45) is 7.19. The molecular formula is C22H23NO. The van der Waals surface area contributed by atoms with Gasteiger partial charge in [0.05, 0.1) is 5.69 Å². The van der Waals surface area contributed by atoms with Gasteiger partial charge in [-0.3, -0.25) is 4.79 Å². The smallest absolute Gasteiger partial charge is 0.258 e. The van der Waals surface area contributed by atoms with Crippen LogP contribution in [0.25, 0.3) is 11.1 Å². The highest BCUT2D eigenvalue weighted by Crippen LogP contribution is 2.42. The van der Waals surface area contributed by atoms with Gasteiger partial charge in [0.1, 0.15) is 0 Å².